The van der Waals surface area contributed by atoms with E-state index in [0.29, 0.717) is 29.5 Å². The van der Waals surface area contributed by atoms with Crippen molar-refractivity contribution in [2.75, 3.05) is 13.2 Å². The van der Waals surface area contributed by atoms with Crippen molar-refractivity contribution < 1.29 is 68.7 Å². The van der Waals surface area contributed by atoms with E-state index in [1.807, 2.05) is 62.4 Å². The van der Waals surface area contributed by atoms with Gasteiger partial charge in [0.25, 0.3) is 0 Å². The summed E-state index contributed by atoms with van der Waals surface area (Å²) in [4.78, 5) is 36.1. The molecular weight excluding hydrogens is 756 g/mol. The Labute approximate surface area is 371 Å². The van der Waals surface area contributed by atoms with Crippen molar-refractivity contribution >= 4 is 26.1 Å². The maximum absolute atomic E-state index is 14.2. The number of Topliss-reactive ketones (excluding diaryl/α,β-unsaturated/α-hetero) is 1. The van der Waals surface area contributed by atoms with Gasteiger partial charge in [-0.15, -0.1) is 12.3 Å². The molecule has 3 atom stereocenters. The van der Waals surface area contributed by atoms with E-state index in [1.54, 1.807) is 13.8 Å². The molecule has 4 aromatic rings. The summed E-state index contributed by atoms with van der Waals surface area (Å²) < 4.78 is 38.2. The van der Waals surface area contributed by atoms with Crippen LogP contribution in [0.4, 0.5) is 8.78 Å². The number of benzene rings is 4. The summed E-state index contributed by atoms with van der Waals surface area (Å²) in [6, 6.07) is 21.2. The van der Waals surface area contributed by atoms with Crippen molar-refractivity contribution in [1.29, 1.82) is 0 Å². The van der Waals surface area contributed by atoms with Crippen molar-refractivity contribution in [1.82, 2.24) is 0 Å². The summed E-state index contributed by atoms with van der Waals surface area (Å²) in [5.41, 5.74) is 6.54. The number of aliphatic hydroxyl groups excluding tert-OH is 1. The third kappa shape index (κ3) is 12.5. The summed E-state index contributed by atoms with van der Waals surface area (Å²) in [7, 11) is 0. The third-order valence-electron chi connectivity index (χ3n) is 9.22. The summed E-state index contributed by atoms with van der Waals surface area (Å²) in [6.45, 7) is 11.0. The number of esters is 2. The molecule has 0 spiro atoms. The van der Waals surface area contributed by atoms with Crippen LogP contribution in [0.1, 0.15) is 116 Å². The molecule has 10 heteroatoms. The topological polar surface area (TPSA) is 89.9 Å². The van der Waals surface area contributed by atoms with Gasteiger partial charge in [0.2, 0.25) is 0 Å². The number of aryl methyl sites for hydroxylation is 2. The molecule has 2 aliphatic rings. The fourth-order valence-corrected chi connectivity index (χ4v) is 6.69. The number of hydrogen-bond donors (Lipinski definition) is 1. The zero-order valence-electron chi connectivity index (χ0n) is 34.6. The average molecular weight is 797 g/mol. The molecule has 6 nitrogen and oxygen atoms in total. The fraction of sp³-hybridized carbons (Fsp3) is 0.224. The van der Waals surface area contributed by atoms with Crippen LogP contribution in [0.5, 0.6) is 0 Å². The predicted octanol–water partition coefficient (Wildman–Crippen LogP) is 5.11. The van der Waals surface area contributed by atoms with Crippen molar-refractivity contribution in [2.24, 2.45) is 0 Å². The van der Waals surface area contributed by atoms with Crippen LogP contribution in [0.25, 0.3) is 0 Å². The van der Waals surface area contributed by atoms with Crippen molar-refractivity contribution in [3.63, 3.8) is 0 Å². The van der Waals surface area contributed by atoms with Gasteiger partial charge in [-0.1, -0.05) is 48.5 Å². The van der Waals surface area contributed by atoms with Gasteiger partial charge in [0, 0.05) is 32.2 Å². The molecule has 0 fully saturated rings. The zero-order chi connectivity index (χ0) is 41.5. The van der Waals surface area contributed by atoms with Crippen LogP contribution in [0, 0.1) is 92.1 Å². The van der Waals surface area contributed by atoms with Crippen molar-refractivity contribution in [2.45, 2.75) is 58.5 Å². The molecule has 4 aromatic carbocycles. The summed E-state index contributed by atoms with van der Waals surface area (Å²) in [5.74, 6) is 18.4. The Morgan fingerprint density at radius 3 is 1.73 bits per heavy atom. The maximum Gasteiger partial charge on any atom is 1.00 e. The van der Waals surface area contributed by atoms with Gasteiger partial charge in [-0.3, -0.25) is 10.7 Å². The number of terminal acetylenes is 1. The Hall–Kier alpha value is -5.96. The van der Waals surface area contributed by atoms with E-state index in [1.165, 1.54) is 24.3 Å². The first-order valence-electron chi connectivity index (χ1n) is 18.0. The zero-order valence-corrected chi connectivity index (χ0v) is 35.6. The monoisotopic (exact) mass is 796 g/mol. The largest absolute Gasteiger partial charge is 1.00 e. The fourth-order valence-electron chi connectivity index (χ4n) is 6.69. The number of carbonyl (C=O) groups excluding carboxylic acids is 3. The maximum atomic E-state index is 14.2. The molecule has 59 heavy (non-hydrogen) atoms. The minimum Gasteiger partial charge on any atom is -1.00 e. The third-order valence-corrected chi connectivity index (χ3v) is 9.22. The smallest absolute Gasteiger partial charge is 1.00 e. The molecule has 0 aliphatic heterocycles. The van der Waals surface area contributed by atoms with E-state index < -0.39 is 29.7 Å². The van der Waals surface area contributed by atoms with Gasteiger partial charge in [-0.2, -0.15) is 6.92 Å². The second-order valence-electron chi connectivity index (χ2n) is 12.7. The number of aliphatic hydroxyl groups is 1. The van der Waals surface area contributed by atoms with Crippen molar-refractivity contribution in [3.8, 4) is 59.7 Å². The molecule has 0 bridgehead atoms. The first-order chi connectivity index (χ1) is 27.5. The van der Waals surface area contributed by atoms with Crippen LogP contribution in [0.3, 0.4) is 0 Å². The first-order valence-corrected chi connectivity index (χ1v) is 18.0. The molecule has 0 saturated heterocycles. The Kier molecular flexibility index (Phi) is 20.1. The number of ketones is 1. The Morgan fingerprint density at radius 1 is 0.746 bits per heavy atom. The molecule has 2 aliphatic carbocycles. The molecule has 3 radical (unpaired) electrons. The summed E-state index contributed by atoms with van der Waals surface area (Å²) >= 11 is 0. The molecule has 0 aromatic heterocycles. The van der Waals surface area contributed by atoms with Gasteiger partial charge >= 0.3 is 41.5 Å². The van der Waals surface area contributed by atoms with E-state index in [0.717, 1.165) is 27.8 Å². The van der Waals surface area contributed by atoms with Crippen LogP contribution in [0.2, 0.25) is 0 Å². The van der Waals surface area contributed by atoms with Gasteiger partial charge in [0.1, 0.15) is 11.6 Å². The summed E-state index contributed by atoms with van der Waals surface area (Å²) in [5, 5.41) is 10.3. The van der Waals surface area contributed by atoms with E-state index in [2.05, 4.69) is 60.2 Å². The Bertz CT molecular complexity index is 2500. The standard InChI is InChI=1S/C19H19FO3.C19H17FO3.C11H3.B.Na.H/c2*1-3-23-19(22)16-8-13-14(12-7-5-4-6-11(12)2)10-18(21)15(13)9-17(16)20;1-3-5-7-9-11-10-8-6-4-2;;;/h4-9,14,18,21H,3,10H2,1-2H3;4-9,14H,3,10H2,1-2H3;1H,2H2;;;/q;;-1;;+1;-1. The Morgan fingerprint density at radius 2 is 1.22 bits per heavy atom. The SMILES string of the molecule is C#CC#CC#CC#CC#C[CH2-].CCOC(=O)c1cc2c(cc1F)C(=O)CC2c1ccccc1C.CCOC(=O)c1cc2c(cc1F)C(O)CC2c1ccccc1C.[B].[H-].[Na+]. The quantitative estimate of drug-likeness (QED) is 0.126. The molecule has 291 valence electrons. The van der Waals surface area contributed by atoms with Gasteiger partial charge in [-0.05, 0) is 133 Å². The van der Waals surface area contributed by atoms with Gasteiger partial charge < -0.3 is 16.0 Å². The number of ether oxygens (including phenoxy) is 2. The van der Waals surface area contributed by atoms with Gasteiger partial charge in [0.05, 0.1) is 30.4 Å². The van der Waals surface area contributed by atoms with E-state index >= 15 is 0 Å². The van der Waals surface area contributed by atoms with Crippen LogP contribution in [-0.2, 0) is 9.47 Å². The van der Waals surface area contributed by atoms with E-state index in [9.17, 15) is 28.3 Å². The first kappa shape index (κ1) is 49.2. The van der Waals surface area contributed by atoms with Gasteiger partial charge in [-0.25, -0.2) is 24.3 Å². The van der Waals surface area contributed by atoms with Crippen LogP contribution in [0.15, 0.2) is 72.8 Å². The minimum atomic E-state index is -0.722. The number of halogens is 2. The van der Waals surface area contributed by atoms with Crippen LogP contribution in [-0.4, -0.2) is 44.5 Å². The summed E-state index contributed by atoms with van der Waals surface area (Å²) in [6.07, 6.45) is 4.90. The molecule has 6 rings (SSSR count). The Balaban J connectivity index is 0.000000467. The normalized spacial score (nSPS) is 14.6. The van der Waals surface area contributed by atoms with E-state index in [4.69, 9.17) is 15.9 Å². The molecule has 0 saturated carbocycles. The second kappa shape index (κ2) is 24.1. The number of carbonyl (C=O) groups is 3. The second-order valence-corrected chi connectivity index (χ2v) is 12.7. The minimum absolute atomic E-state index is 0. The molecular formula is C49H40BF2NaO6-. The van der Waals surface area contributed by atoms with Crippen LogP contribution >= 0.6 is 0 Å². The van der Waals surface area contributed by atoms with Crippen LogP contribution < -0.4 is 29.6 Å². The van der Waals surface area contributed by atoms with Gasteiger partial charge in [0.15, 0.2) is 5.78 Å². The number of fused-ring (bicyclic) bond motifs is 2. The average Bonchev–Trinajstić information content (AvgIpc) is 3.68. The van der Waals surface area contributed by atoms with Crippen molar-refractivity contribution in [3.05, 3.63) is 147 Å². The number of hydrogen-bond acceptors (Lipinski definition) is 6. The number of rotatable bonds is 6. The molecule has 3 unspecified atom stereocenters. The predicted molar refractivity (Wildman–Crippen MR) is 221 cm³/mol. The van der Waals surface area contributed by atoms with E-state index in [-0.39, 0.29) is 81.4 Å². The molecule has 1 N–H and O–H groups in total. The molecule has 0 amide bonds. The molecule has 0 heterocycles.